The van der Waals surface area contributed by atoms with E-state index in [0.29, 0.717) is 29.6 Å². The molecule has 0 spiro atoms. The van der Waals surface area contributed by atoms with Gasteiger partial charge in [-0.2, -0.15) is 0 Å². The van der Waals surface area contributed by atoms with Gasteiger partial charge >= 0.3 is 0 Å². The first-order valence-corrected chi connectivity index (χ1v) is 9.81. The summed E-state index contributed by atoms with van der Waals surface area (Å²) in [4.78, 5) is 14.5. The fourth-order valence-electron chi connectivity index (χ4n) is 3.40. The predicted octanol–water partition coefficient (Wildman–Crippen LogP) is 4.40. The molecule has 31 heavy (non-hydrogen) atoms. The van der Waals surface area contributed by atoms with Gasteiger partial charge in [0.2, 0.25) is 18.6 Å². The molecule has 0 N–H and O–H groups in total. The molecule has 7 heteroatoms. The second kappa shape index (κ2) is 7.95. The Labute approximate surface area is 178 Å². The van der Waals surface area contributed by atoms with Gasteiger partial charge in [0, 0.05) is 30.3 Å². The molecule has 0 saturated carbocycles. The van der Waals surface area contributed by atoms with E-state index in [1.165, 1.54) is 0 Å². The smallest absolute Gasteiger partial charge is 0.253 e. The molecular weight excluding hydrogens is 394 g/mol. The van der Waals surface area contributed by atoms with Gasteiger partial charge in [0.1, 0.15) is 0 Å². The van der Waals surface area contributed by atoms with E-state index in [1.807, 2.05) is 60.7 Å². The Bertz CT molecular complexity index is 1220. The van der Waals surface area contributed by atoms with Crippen LogP contribution in [-0.4, -0.2) is 34.8 Å². The van der Waals surface area contributed by atoms with Crippen LogP contribution in [0.2, 0.25) is 0 Å². The summed E-state index contributed by atoms with van der Waals surface area (Å²) in [6.45, 7) is 0.689. The minimum atomic E-state index is -0.0836. The number of hydrogen-bond acceptors (Lipinski definition) is 6. The van der Waals surface area contributed by atoms with Crippen LogP contribution in [0.25, 0.3) is 22.9 Å². The van der Waals surface area contributed by atoms with Gasteiger partial charge in [-0.25, -0.2) is 0 Å². The number of benzene rings is 3. The van der Waals surface area contributed by atoms with E-state index in [1.54, 1.807) is 24.1 Å². The maximum Gasteiger partial charge on any atom is 0.253 e. The zero-order valence-electron chi connectivity index (χ0n) is 16.8. The lowest BCUT2D eigenvalue weighted by molar-refractivity contribution is 0.0785. The second-order valence-corrected chi connectivity index (χ2v) is 7.20. The van der Waals surface area contributed by atoms with Crippen LogP contribution in [0.5, 0.6) is 11.5 Å². The van der Waals surface area contributed by atoms with Crippen LogP contribution in [-0.2, 0) is 6.54 Å². The van der Waals surface area contributed by atoms with Crippen molar-refractivity contribution in [2.45, 2.75) is 6.54 Å². The van der Waals surface area contributed by atoms with Crippen LogP contribution in [0, 0.1) is 0 Å². The third-order valence-corrected chi connectivity index (χ3v) is 5.03. The van der Waals surface area contributed by atoms with Crippen molar-refractivity contribution in [3.63, 3.8) is 0 Å². The molecule has 1 aliphatic heterocycles. The Balaban J connectivity index is 1.28. The Hall–Kier alpha value is -4.13. The van der Waals surface area contributed by atoms with Crippen LogP contribution in [0.1, 0.15) is 15.9 Å². The summed E-state index contributed by atoms with van der Waals surface area (Å²) >= 11 is 0. The molecule has 0 atom stereocenters. The summed E-state index contributed by atoms with van der Waals surface area (Å²) < 4.78 is 16.5. The number of fused-ring (bicyclic) bond motifs is 1. The average Bonchev–Trinajstić information content (AvgIpc) is 3.49. The van der Waals surface area contributed by atoms with Crippen LogP contribution < -0.4 is 9.47 Å². The lowest BCUT2D eigenvalue weighted by Gasteiger charge is -2.17. The van der Waals surface area contributed by atoms with E-state index in [2.05, 4.69) is 10.2 Å². The summed E-state index contributed by atoms with van der Waals surface area (Å²) in [5, 5.41) is 8.23. The lowest BCUT2D eigenvalue weighted by Crippen LogP contribution is -2.26. The molecule has 0 aliphatic carbocycles. The number of ether oxygens (including phenoxy) is 2. The number of carbonyl (C=O) groups excluding carboxylic acids is 1. The Morgan fingerprint density at radius 2 is 1.55 bits per heavy atom. The third kappa shape index (κ3) is 3.85. The minimum Gasteiger partial charge on any atom is -0.454 e. The Morgan fingerprint density at radius 1 is 0.871 bits per heavy atom. The highest BCUT2D eigenvalue weighted by atomic mass is 16.7. The fraction of sp³-hybridized carbons (Fsp3) is 0.125. The quantitative estimate of drug-likeness (QED) is 0.482. The van der Waals surface area contributed by atoms with Crippen molar-refractivity contribution in [2.24, 2.45) is 0 Å². The van der Waals surface area contributed by atoms with Gasteiger partial charge in [-0.05, 0) is 54.1 Å². The summed E-state index contributed by atoms with van der Waals surface area (Å²) in [6, 6.07) is 22.4. The number of aromatic nitrogens is 2. The van der Waals surface area contributed by atoms with Crippen molar-refractivity contribution in [3.8, 4) is 34.4 Å². The highest BCUT2D eigenvalue weighted by Crippen LogP contribution is 2.33. The van der Waals surface area contributed by atoms with Crippen LogP contribution in [0.15, 0.2) is 77.2 Å². The SMILES string of the molecule is CN(Cc1ccc2c(c1)OCO2)C(=O)c1ccc(-c2nnc(-c3ccccc3)o2)cc1. The molecule has 7 nitrogen and oxygen atoms in total. The molecular formula is C24H19N3O4. The van der Waals surface area contributed by atoms with E-state index in [9.17, 15) is 4.79 Å². The summed E-state index contributed by atoms with van der Waals surface area (Å²) in [6.07, 6.45) is 0. The minimum absolute atomic E-state index is 0.0836. The normalized spacial score (nSPS) is 12.0. The number of amides is 1. The van der Waals surface area contributed by atoms with Gasteiger partial charge in [-0.15, -0.1) is 10.2 Å². The van der Waals surface area contributed by atoms with Crippen molar-refractivity contribution in [1.82, 2.24) is 15.1 Å². The maximum absolute atomic E-state index is 12.8. The first-order chi connectivity index (χ1) is 15.2. The summed E-state index contributed by atoms with van der Waals surface area (Å²) in [5.41, 5.74) is 3.16. The average molecular weight is 413 g/mol. The van der Waals surface area contributed by atoms with Gasteiger partial charge in [0.05, 0.1) is 0 Å². The molecule has 1 amide bonds. The zero-order chi connectivity index (χ0) is 21.2. The van der Waals surface area contributed by atoms with Crippen LogP contribution in [0.3, 0.4) is 0 Å². The second-order valence-electron chi connectivity index (χ2n) is 7.20. The summed E-state index contributed by atoms with van der Waals surface area (Å²) in [5.74, 6) is 2.22. The fourth-order valence-corrected chi connectivity index (χ4v) is 3.40. The molecule has 0 radical (unpaired) electrons. The van der Waals surface area contributed by atoms with E-state index in [4.69, 9.17) is 13.9 Å². The molecule has 0 saturated heterocycles. The zero-order valence-corrected chi connectivity index (χ0v) is 16.8. The molecule has 0 unspecified atom stereocenters. The summed E-state index contributed by atoms with van der Waals surface area (Å²) in [7, 11) is 1.77. The molecule has 154 valence electrons. The molecule has 5 rings (SSSR count). The monoisotopic (exact) mass is 413 g/mol. The van der Waals surface area contributed by atoms with Gasteiger partial charge in [0.15, 0.2) is 11.5 Å². The Kier molecular flexibility index (Phi) is 4.84. The van der Waals surface area contributed by atoms with Gasteiger partial charge in [-0.1, -0.05) is 24.3 Å². The lowest BCUT2D eigenvalue weighted by atomic mass is 10.1. The van der Waals surface area contributed by atoms with Crippen molar-refractivity contribution >= 4 is 5.91 Å². The maximum atomic E-state index is 12.8. The van der Waals surface area contributed by atoms with Crippen molar-refractivity contribution in [3.05, 3.63) is 83.9 Å². The first-order valence-electron chi connectivity index (χ1n) is 9.81. The highest BCUT2D eigenvalue weighted by molar-refractivity contribution is 5.94. The Morgan fingerprint density at radius 3 is 2.29 bits per heavy atom. The molecule has 1 aromatic heterocycles. The molecule has 1 aliphatic rings. The third-order valence-electron chi connectivity index (χ3n) is 5.03. The van der Waals surface area contributed by atoms with E-state index >= 15 is 0 Å². The largest absolute Gasteiger partial charge is 0.454 e. The van der Waals surface area contributed by atoms with Crippen LogP contribution >= 0.6 is 0 Å². The van der Waals surface area contributed by atoms with E-state index in [0.717, 1.165) is 22.4 Å². The standard InChI is InChI=1S/C24H19N3O4/c1-27(14-16-7-12-20-21(13-16)30-15-29-20)24(28)19-10-8-18(9-11-19)23-26-25-22(31-23)17-5-3-2-4-6-17/h2-13H,14-15H2,1H3. The molecule has 4 aromatic rings. The number of nitrogens with zero attached hydrogens (tertiary/aromatic N) is 3. The number of carbonyl (C=O) groups is 1. The number of hydrogen-bond donors (Lipinski definition) is 0. The van der Waals surface area contributed by atoms with Gasteiger partial charge < -0.3 is 18.8 Å². The highest BCUT2D eigenvalue weighted by Gasteiger charge is 2.17. The van der Waals surface area contributed by atoms with Crippen molar-refractivity contribution < 1.29 is 18.7 Å². The first kappa shape index (κ1) is 18.9. The molecule has 0 bridgehead atoms. The van der Waals surface area contributed by atoms with Gasteiger partial charge in [0.25, 0.3) is 5.91 Å². The topological polar surface area (TPSA) is 77.7 Å². The predicted molar refractivity (Wildman–Crippen MR) is 114 cm³/mol. The molecule has 3 aromatic carbocycles. The van der Waals surface area contributed by atoms with Crippen LogP contribution in [0.4, 0.5) is 0 Å². The van der Waals surface area contributed by atoms with Crippen molar-refractivity contribution in [1.29, 1.82) is 0 Å². The van der Waals surface area contributed by atoms with E-state index < -0.39 is 0 Å². The van der Waals surface area contributed by atoms with Crippen molar-refractivity contribution in [2.75, 3.05) is 13.8 Å². The molecule has 0 fully saturated rings. The number of rotatable bonds is 5. The van der Waals surface area contributed by atoms with E-state index in [-0.39, 0.29) is 12.7 Å². The van der Waals surface area contributed by atoms with Gasteiger partial charge in [-0.3, -0.25) is 4.79 Å². The molecule has 2 heterocycles.